The van der Waals surface area contributed by atoms with E-state index in [4.69, 9.17) is 0 Å². The van der Waals surface area contributed by atoms with E-state index >= 15 is 0 Å². The first-order valence-corrected chi connectivity index (χ1v) is 6.21. The SMILES string of the molecule is FC(F)(F)c1ccc(-n2nnnc2CN2CCC2)cc1. The number of hydrogen-bond acceptors (Lipinski definition) is 4. The van der Waals surface area contributed by atoms with E-state index in [0.717, 1.165) is 31.6 Å². The highest BCUT2D eigenvalue weighted by Crippen LogP contribution is 2.29. The number of likely N-dealkylation sites (tertiary alicyclic amines) is 1. The van der Waals surface area contributed by atoms with E-state index in [1.807, 2.05) is 0 Å². The number of halogens is 3. The normalized spacial score (nSPS) is 16.1. The lowest BCUT2D eigenvalue weighted by Crippen LogP contribution is -2.37. The van der Waals surface area contributed by atoms with Crippen LogP contribution in [-0.4, -0.2) is 38.2 Å². The number of alkyl halides is 3. The molecule has 1 aromatic carbocycles. The third-order valence-electron chi connectivity index (χ3n) is 3.29. The maximum Gasteiger partial charge on any atom is 0.416 e. The number of rotatable bonds is 3. The van der Waals surface area contributed by atoms with Crippen LogP contribution >= 0.6 is 0 Å². The van der Waals surface area contributed by atoms with Crippen molar-refractivity contribution >= 4 is 0 Å². The average molecular weight is 283 g/mol. The van der Waals surface area contributed by atoms with Gasteiger partial charge in [0.15, 0.2) is 5.82 Å². The molecule has 1 fully saturated rings. The second-order valence-corrected chi connectivity index (χ2v) is 4.68. The topological polar surface area (TPSA) is 46.8 Å². The quantitative estimate of drug-likeness (QED) is 0.863. The molecule has 0 atom stereocenters. The highest BCUT2D eigenvalue weighted by atomic mass is 19.4. The summed E-state index contributed by atoms with van der Waals surface area (Å²) in [6, 6.07) is 4.81. The zero-order valence-corrected chi connectivity index (χ0v) is 10.5. The van der Waals surface area contributed by atoms with Crippen LogP contribution in [0.2, 0.25) is 0 Å². The maximum atomic E-state index is 12.5. The summed E-state index contributed by atoms with van der Waals surface area (Å²) in [5, 5.41) is 11.4. The van der Waals surface area contributed by atoms with Gasteiger partial charge in [0.1, 0.15) is 0 Å². The lowest BCUT2D eigenvalue weighted by atomic mass is 10.2. The van der Waals surface area contributed by atoms with E-state index in [-0.39, 0.29) is 0 Å². The predicted molar refractivity (Wildman–Crippen MR) is 64.1 cm³/mol. The first-order chi connectivity index (χ1) is 9.54. The Morgan fingerprint density at radius 1 is 1.10 bits per heavy atom. The van der Waals surface area contributed by atoms with Gasteiger partial charge in [0.05, 0.1) is 17.8 Å². The number of tetrazole rings is 1. The largest absolute Gasteiger partial charge is 0.416 e. The molecular weight excluding hydrogens is 271 g/mol. The highest BCUT2D eigenvalue weighted by molar-refractivity contribution is 5.35. The van der Waals surface area contributed by atoms with Gasteiger partial charge in [-0.15, -0.1) is 5.10 Å². The van der Waals surface area contributed by atoms with E-state index in [1.165, 1.54) is 16.8 Å². The Labute approximate surface area is 113 Å². The Bertz CT molecular complexity index is 586. The Morgan fingerprint density at radius 3 is 2.35 bits per heavy atom. The van der Waals surface area contributed by atoms with E-state index in [9.17, 15) is 13.2 Å². The third-order valence-corrected chi connectivity index (χ3v) is 3.29. The molecular formula is C12H12F3N5. The Kier molecular flexibility index (Phi) is 3.17. The fraction of sp³-hybridized carbons (Fsp3) is 0.417. The molecule has 0 radical (unpaired) electrons. The Balaban J connectivity index is 1.83. The Morgan fingerprint density at radius 2 is 1.80 bits per heavy atom. The lowest BCUT2D eigenvalue weighted by molar-refractivity contribution is -0.137. The fourth-order valence-corrected chi connectivity index (χ4v) is 2.04. The van der Waals surface area contributed by atoms with Crippen LogP contribution < -0.4 is 0 Å². The molecule has 1 aromatic heterocycles. The van der Waals surface area contributed by atoms with Gasteiger partial charge in [-0.1, -0.05) is 0 Å². The number of hydrogen-bond donors (Lipinski definition) is 0. The van der Waals surface area contributed by atoms with Gasteiger partial charge in [0, 0.05) is 0 Å². The summed E-state index contributed by atoms with van der Waals surface area (Å²) >= 11 is 0. The highest BCUT2D eigenvalue weighted by Gasteiger charge is 2.30. The molecule has 20 heavy (non-hydrogen) atoms. The molecule has 1 saturated heterocycles. The van der Waals surface area contributed by atoms with Crippen LogP contribution in [0.15, 0.2) is 24.3 Å². The summed E-state index contributed by atoms with van der Waals surface area (Å²) < 4.78 is 39.0. The molecule has 0 amide bonds. The molecule has 0 aliphatic carbocycles. The van der Waals surface area contributed by atoms with Gasteiger partial charge in [0.2, 0.25) is 0 Å². The Hall–Kier alpha value is -1.96. The van der Waals surface area contributed by atoms with Crippen LogP contribution in [0.25, 0.3) is 5.69 Å². The monoisotopic (exact) mass is 283 g/mol. The number of nitrogens with zero attached hydrogens (tertiary/aromatic N) is 5. The predicted octanol–water partition coefficient (Wildman–Crippen LogP) is 1.89. The molecule has 106 valence electrons. The maximum absolute atomic E-state index is 12.5. The minimum Gasteiger partial charge on any atom is -0.296 e. The van der Waals surface area contributed by atoms with Crippen LogP contribution in [0.4, 0.5) is 13.2 Å². The third kappa shape index (κ3) is 2.51. The van der Waals surface area contributed by atoms with Crippen molar-refractivity contribution in [1.82, 2.24) is 25.1 Å². The van der Waals surface area contributed by atoms with Crippen LogP contribution in [-0.2, 0) is 12.7 Å². The van der Waals surface area contributed by atoms with E-state index in [0.29, 0.717) is 18.1 Å². The minimum atomic E-state index is -4.33. The molecule has 3 rings (SSSR count). The molecule has 0 bridgehead atoms. The van der Waals surface area contributed by atoms with Crippen LogP contribution in [0.1, 0.15) is 17.8 Å². The summed E-state index contributed by atoms with van der Waals surface area (Å²) in [5.41, 5.74) is -0.155. The van der Waals surface area contributed by atoms with Gasteiger partial charge in [-0.3, -0.25) is 4.90 Å². The molecule has 0 N–H and O–H groups in total. The molecule has 1 aliphatic rings. The number of aromatic nitrogens is 4. The second kappa shape index (κ2) is 4.86. The van der Waals surface area contributed by atoms with Crippen LogP contribution in [0.3, 0.4) is 0 Å². The first kappa shape index (κ1) is 13.0. The van der Waals surface area contributed by atoms with Gasteiger partial charge < -0.3 is 0 Å². The molecule has 0 spiro atoms. The minimum absolute atomic E-state index is 0.526. The van der Waals surface area contributed by atoms with Crippen molar-refractivity contribution in [2.24, 2.45) is 0 Å². The standard InChI is InChI=1S/C12H12F3N5/c13-12(14,15)9-2-4-10(5-3-9)20-11(16-17-18-20)8-19-6-1-7-19/h2-5H,1,6-8H2. The summed E-state index contributed by atoms with van der Waals surface area (Å²) in [7, 11) is 0. The van der Waals surface area contributed by atoms with Gasteiger partial charge in [0.25, 0.3) is 0 Å². The lowest BCUT2D eigenvalue weighted by Gasteiger charge is -2.29. The van der Waals surface area contributed by atoms with Gasteiger partial charge >= 0.3 is 6.18 Å². The zero-order valence-electron chi connectivity index (χ0n) is 10.5. The molecule has 1 aliphatic heterocycles. The van der Waals surface area contributed by atoms with Crippen molar-refractivity contribution in [2.75, 3.05) is 13.1 Å². The van der Waals surface area contributed by atoms with Crippen LogP contribution in [0, 0.1) is 0 Å². The van der Waals surface area contributed by atoms with Crippen LogP contribution in [0.5, 0.6) is 0 Å². The molecule has 8 heteroatoms. The smallest absolute Gasteiger partial charge is 0.296 e. The molecule has 2 heterocycles. The van der Waals surface area contributed by atoms with Crippen molar-refractivity contribution in [1.29, 1.82) is 0 Å². The van der Waals surface area contributed by atoms with Crippen molar-refractivity contribution in [2.45, 2.75) is 19.1 Å². The fourth-order valence-electron chi connectivity index (χ4n) is 2.04. The van der Waals surface area contributed by atoms with E-state index in [1.54, 1.807) is 0 Å². The summed E-state index contributed by atoms with van der Waals surface area (Å²) in [6.07, 6.45) is -3.18. The second-order valence-electron chi connectivity index (χ2n) is 4.68. The zero-order chi connectivity index (χ0) is 14.2. The number of benzene rings is 1. The molecule has 0 unspecified atom stereocenters. The van der Waals surface area contributed by atoms with E-state index in [2.05, 4.69) is 20.4 Å². The molecule has 0 saturated carbocycles. The van der Waals surface area contributed by atoms with Crippen molar-refractivity contribution in [3.05, 3.63) is 35.7 Å². The van der Waals surface area contributed by atoms with Gasteiger partial charge in [-0.05, 0) is 54.2 Å². The molecule has 2 aromatic rings. The van der Waals surface area contributed by atoms with Crippen molar-refractivity contribution in [3.63, 3.8) is 0 Å². The van der Waals surface area contributed by atoms with Crippen molar-refractivity contribution in [3.8, 4) is 5.69 Å². The molecule has 5 nitrogen and oxygen atoms in total. The van der Waals surface area contributed by atoms with Gasteiger partial charge in [-0.25, -0.2) is 0 Å². The average Bonchev–Trinajstić information content (AvgIpc) is 2.81. The summed E-state index contributed by atoms with van der Waals surface area (Å²) in [4.78, 5) is 2.17. The summed E-state index contributed by atoms with van der Waals surface area (Å²) in [5.74, 6) is 0.629. The van der Waals surface area contributed by atoms with E-state index < -0.39 is 11.7 Å². The van der Waals surface area contributed by atoms with Gasteiger partial charge in [-0.2, -0.15) is 17.9 Å². The summed E-state index contributed by atoms with van der Waals surface area (Å²) in [6.45, 7) is 2.60. The first-order valence-electron chi connectivity index (χ1n) is 6.21. The van der Waals surface area contributed by atoms with Crippen molar-refractivity contribution < 1.29 is 13.2 Å².